The first-order chi connectivity index (χ1) is 10.4. The van der Waals surface area contributed by atoms with Gasteiger partial charge in [-0.15, -0.1) is 0 Å². The minimum Gasteiger partial charge on any atom is -0.497 e. The van der Waals surface area contributed by atoms with Gasteiger partial charge >= 0.3 is 7.12 Å². The van der Waals surface area contributed by atoms with Crippen molar-refractivity contribution in [1.82, 2.24) is 0 Å². The van der Waals surface area contributed by atoms with Gasteiger partial charge in [-0.1, -0.05) is 23.8 Å². The lowest BCUT2D eigenvalue weighted by Gasteiger charge is -2.07. The summed E-state index contributed by atoms with van der Waals surface area (Å²) in [4.78, 5) is 0. The molecule has 0 unspecified atom stereocenters. The van der Waals surface area contributed by atoms with E-state index in [2.05, 4.69) is 15.9 Å². The molecule has 0 saturated heterocycles. The summed E-state index contributed by atoms with van der Waals surface area (Å²) in [6.07, 6.45) is 0. The third-order valence-electron chi connectivity index (χ3n) is 2.97. The average Bonchev–Trinajstić information content (AvgIpc) is 2.48. The molecular formula is C16H20BBrO4. The third-order valence-corrected chi connectivity index (χ3v) is 3.59. The first-order valence-electron chi connectivity index (χ1n) is 6.69. The van der Waals surface area contributed by atoms with E-state index in [4.69, 9.17) is 19.5 Å². The van der Waals surface area contributed by atoms with Crippen molar-refractivity contribution in [3.05, 3.63) is 52.0 Å². The van der Waals surface area contributed by atoms with Crippen LogP contribution >= 0.6 is 15.9 Å². The fourth-order valence-electron chi connectivity index (χ4n) is 1.83. The molecule has 6 heteroatoms. The van der Waals surface area contributed by atoms with Gasteiger partial charge in [0.05, 0.1) is 18.7 Å². The highest BCUT2D eigenvalue weighted by Gasteiger charge is 2.16. The van der Waals surface area contributed by atoms with Crippen molar-refractivity contribution in [2.24, 2.45) is 0 Å². The standard InChI is InChI=1S/C8H11BO3.C8H9BrO/c1-6-3-4-8(12-2)7(5-6)9(10)11;1-6-3-4-8(10-2)7(9)5-6/h3-5,10-11H,1-2H3;3-5H,1-2H3. The van der Waals surface area contributed by atoms with Gasteiger partial charge in [-0.25, -0.2) is 0 Å². The number of ether oxygens (including phenoxy) is 2. The second kappa shape index (κ2) is 8.83. The molecule has 2 N–H and O–H groups in total. The molecule has 0 aliphatic carbocycles. The minimum atomic E-state index is -1.47. The summed E-state index contributed by atoms with van der Waals surface area (Å²) in [6.45, 7) is 3.93. The number of halogens is 1. The maximum absolute atomic E-state index is 8.94. The SMILES string of the molecule is COc1ccc(C)cc1B(O)O.COc1ccc(C)cc1Br. The molecule has 0 atom stereocenters. The predicted molar refractivity (Wildman–Crippen MR) is 93.0 cm³/mol. The van der Waals surface area contributed by atoms with Gasteiger partial charge in [-0.05, 0) is 53.5 Å². The molecule has 2 rings (SSSR count). The zero-order chi connectivity index (χ0) is 16.7. The fourth-order valence-corrected chi connectivity index (χ4v) is 2.48. The summed E-state index contributed by atoms with van der Waals surface area (Å²) in [7, 11) is 1.69. The fraction of sp³-hybridized carbons (Fsp3) is 0.250. The lowest BCUT2D eigenvalue weighted by Crippen LogP contribution is -2.31. The zero-order valence-electron chi connectivity index (χ0n) is 13.1. The summed E-state index contributed by atoms with van der Waals surface area (Å²) in [5.41, 5.74) is 2.60. The van der Waals surface area contributed by atoms with Crippen LogP contribution in [-0.2, 0) is 0 Å². The number of methoxy groups -OCH3 is 2. The van der Waals surface area contributed by atoms with Gasteiger partial charge in [0, 0.05) is 5.46 Å². The highest BCUT2D eigenvalue weighted by molar-refractivity contribution is 9.10. The Morgan fingerprint density at radius 2 is 1.36 bits per heavy atom. The van der Waals surface area contributed by atoms with E-state index in [1.807, 2.05) is 38.1 Å². The second-order valence-electron chi connectivity index (χ2n) is 4.76. The van der Waals surface area contributed by atoms with E-state index in [9.17, 15) is 0 Å². The third kappa shape index (κ3) is 5.37. The Hall–Kier alpha value is -1.50. The van der Waals surface area contributed by atoms with Crippen LogP contribution in [0.1, 0.15) is 11.1 Å². The molecular weight excluding hydrogens is 347 g/mol. The molecule has 0 heterocycles. The lowest BCUT2D eigenvalue weighted by atomic mass is 9.79. The van der Waals surface area contributed by atoms with Crippen LogP contribution in [0.2, 0.25) is 0 Å². The van der Waals surface area contributed by atoms with Gasteiger partial charge in [0.2, 0.25) is 0 Å². The highest BCUT2D eigenvalue weighted by atomic mass is 79.9. The van der Waals surface area contributed by atoms with E-state index < -0.39 is 7.12 Å². The van der Waals surface area contributed by atoms with Crippen LogP contribution in [0.5, 0.6) is 11.5 Å². The van der Waals surface area contributed by atoms with Crippen LogP contribution in [0.15, 0.2) is 40.9 Å². The largest absolute Gasteiger partial charge is 0.497 e. The van der Waals surface area contributed by atoms with Gasteiger partial charge in [-0.3, -0.25) is 0 Å². The molecule has 0 fully saturated rings. The van der Waals surface area contributed by atoms with Gasteiger partial charge in [0.15, 0.2) is 0 Å². The molecule has 0 spiro atoms. The Kier molecular flexibility index (Phi) is 7.45. The molecule has 0 aromatic heterocycles. The average molecular weight is 367 g/mol. The maximum Gasteiger partial charge on any atom is 0.492 e. The molecule has 0 aliphatic rings. The van der Waals surface area contributed by atoms with E-state index in [-0.39, 0.29) is 0 Å². The van der Waals surface area contributed by atoms with E-state index in [1.165, 1.54) is 12.7 Å². The topological polar surface area (TPSA) is 58.9 Å². The van der Waals surface area contributed by atoms with Crippen molar-refractivity contribution < 1.29 is 19.5 Å². The normalized spacial score (nSPS) is 9.59. The number of hydrogen-bond donors (Lipinski definition) is 2. The van der Waals surface area contributed by atoms with Crippen LogP contribution in [-0.4, -0.2) is 31.4 Å². The molecule has 0 amide bonds. The molecule has 4 nitrogen and oxygen atoms in total. The van der Waals surface area contributed by atoms with E-state index >= 15 is 0 Å². The van der Waals surface area contributed by atoms with Crippen LogP contribution in [0, 0.1) is 13.8 Å². The first-order valence-corrected chi connectivity index (χ1v) is 7.49. The van der Waals surface area contributed by atoms with E-state index in [0.29, 0.717) is 11.2 Å². The first kappa shape index (κ1) is 18.6. The molecule has 0 radical (unpaired) electrons. The van der Waals surface area contributed by atoms with Gasteiger partial charge < -0.3 is 19.5 Å². The summed E-state index contributed by atoms with van der Waals surface area (Å²) < 4.78 is 11.0. The summed E-state index contributed by atoms with van der Waals surface area (Å²) in [6, 6.07) is 11.2. The molecule has 22 heavy (non-hydrogen) atoms. The summed E-state index contributed by atoms with van der Waals surface area (Å²) >= 11 is 3.38. The van der Waals surface area contributed by atoms with Gasteiger partial charge in [-0.2, -0.15) is 0 Å². The Balaban J connectivity index is 0.000000224. The minimum absolute atomic E-state index is 0.400. The molecule has 2 aromatic rings. The number of rotatable bonds is 3. The second-order valence-corrected chi connectivity index (χ2v) is 5.61. The maximum atomic E-state index is 8.94. The van der Waals surface area contributed by atoms with Crippen LogP contribution < -0.4 is 14.9 Å². The number of hydrogen-bond acceptors (Lipinski definition) is 4. The Bertz CT molecular complexity index is 617. The Morgan fingerprint density at radius 3 is 1.82 bits per heavy atom. The van der Waals surface area contributed by atoms with Crippen molar-refractivity contribution in [3.63, 3.8) is 0 Å². The monoisotopic (exact) mass is 366 g/mol. The number of aryl methyl sites for hydroxylation is 2. The van der Waals surface area contributed by atoms with Crippen LogP contribution in [0.3, 0.4) is 0 Å². The molecule has 2 aromatic carbocycles. The Morgan fingerprint density at radius 1 is 0.864 bits per heavy atom. The van der Waals surface area contributed by atoms with Crippen molar-refractivity contribution in [1.29, 1.82) is 0 Å². The predicted octanol–water partition coefficient (Wildman–Crippen LogP) is 2.45. The molecule has 0 aliphatic heterocycles. The number of benzene rings is 2. The van der Waals surface area contributed by atoms with Crippen LogP contribution in [0.4, 0.5) is 0 Å². The highest BCUT2D eigenvalue weighted by Crippen LogP contribution is 2.24. The zero-order valence-corrected chi connectivity index (χ0v) is 14.7. The van der Waals surface area contributed by atoms with Gasteiger partial charge in [0.1, 0.15) is 11.5 Å². The van der Waals surface area contributed by atoms with E-state index in [0.717, 1.165) is 15.8 Å². The summed E-state index contributed by atoms with van der Waals surface area (Å²) in [5.74, 6) is 1.38. The van der Waals surface area contributed by atoms with Crippen molar-refractivity contribution in [3.8, 4) is 11.5 Å². The van der Waals surface area contributed by atoms with Crippen LogP contribution in [0.25, 0.3) is 0 Å². The van der Waals surface area contributed by atoms with E-state index in [1.54, 1.807) is 19.2 Å². The van der Waals surface area contributed by atoms with Crippen molar-refractivity contribution >= 4 is 28.5 Å². The quantitative estimate of drug-likeness (QED) is 0.819. The molecule has 0 saturated carbocycles. The van der Waals surface area contributed by atoms with Crippen molar-refractivity contribution in [2.75, 3.05) is 14.2 Å². The lowest BCUT2D eigenvalue weighted by molar-refractivity contribution is 0.403. The molecule has 118 valence electrons. The Labute approximate surface area is 140 Å². The van der Waals surface area contributed by atoms with Gasteiger partial charge in [0.25, 0.3) is 0 Å². The molecule has 0 bridgehead atoms. The summed E-state index contributed by atoms with van der Waals surface area (Å²) in [5, 5.41) is 17.9. The smallest absolute Gasteiger partial charge is 0.492 e. The van der Waals surface area contributed by atoms with Crippen molar-refractivity contribution in [2.45, 2.75) is 13.8 Å².